The summed E-state index contributed by atoms with van der Waals surface area (Å²) >= 11 is 7.32. The number of hydrogen-bond acceptors (Lipinski definition) is 4. The second-order valence-corrected chi connectivity index (χ2v) is 7.98. The van der Waals surface area contributed by atoms with Gasteiger partial charge in [0, 0.05) is 34.1 Å². The van der Waals surface area contributed by atoms with Crippen molar-refractivity contribution in [2.75, 3.05) is 5.32 Å². The van der Waals surface area contributed by atoms with Gasteiger partial charge in [-0.2, -0.15) is 0 Å². The number of thiazole rings is 1. The molecular formula is C21H18ClN3O2S. The fourth-order valence-electron chi connectivity index (χ4n) is 2.67. The van der Waals surface area contributed by atoms with Crippen molar-refractivity contribution in [2.24, 2.45) is 5.92 Å². The van der Waals surface area contributed by atoms with Crippen molar-refractivity contribution in [1.29, 1.82) is 0 Å². The lowest BCUT2D eigenvalue weighted by Crippen LogP contribution is -2.23. The molecule has 1 aliphatic rings. The summed E-state index contributed by atoms with van der Waals surface area (Å²) in [5.74, 6) is 0.0403. The second-order valence-electron chi connectivity index (χ2n) is 6.69. The monoisotopic (exact) mass is 411 g/mol. The summed E-state index contributed by atoms with van der Waals surface area (Å²) in [5.41, 5.74) is 3.05. The quantitative estimate of drug-likeness (QED) is 0.615. The van der Waals surface area contributed by atoms with Gasteiger partial charge in [0.2, 0.25) is 5.91 Å². The van der Waals surface area contributed by atoms with Gasteiger partial charge >= 0.3 is 0 Å². The van der Waals surface area contributed by atoms with Gasteiger partial charge in [0.15, 0.2) is 0 Å². The zero-order chi connectivity index (χ0) is 19.5. The van der Waals surface area contributed by atoms with Crippen LogP contribution in [0.5, 0.6) is 0 Å². The van der Waals surface area contributed by atoms with Crippen LogP contribution in [0.15, 0.2) is 53.9 Å². The maximum absolute atomic E-state index is 12.4. The Kier molecular flexibility index (Phi) is 5.41. The number of carbonyl (C=O) groups is 2. The molecule has 5 nitrogen and oxygen atoms in total. The number of halogens is 1. The van der Waals surface area contributed by atoms with E-state index in [2.05, 4.69) is 15.6 Å². The molecule has 1 saturated carbocycles. The second kappa shape index (κ2) is 8.12. The van der Waals surface area contributed by atoms with Crippen LogP contribution in [0, 0.1) is 5.92 Å². The van der Waals surface area contributed by atoms with E-state index >= 15 is 0 Å². The van der Waals surface area contributed by atoms with Crippen LogP contribution in [-0.4, -0.2) is 16.8 Å². The van der Waals surface area contributed by atoms with E-state index in [1.165, 1.54) is 11.3 Å². The number of hydrogen-bond donors (Lipinski definition) is 2. The van der Waals surface area contributed by atoms with E-state index < -0.39 is 0 Å². The lowest BCUT2D eigenvalue weighted by atomic mass is 10.2. The van der Waals surface area contributed by atoms with Gasteiger partial charge < -0.3 is 10.6 Å². The highest BCUT2D eigenvalue weighted by Crippen LogP contribution is 2.30. The lowest BCUT2D eigenvalue weighted by Gasteiger charge is -2.07. The maximum atomic E-state index is 12.4. The molecule has 2 amide bonds. The summed E-state index contributed by atoms with van der Waals surface area (Å²) in [6.45, 7) is 0.392. The van der Waals surface area contributed by atoms with Gasteiger partial charge in [-0.05, 0) is 42.7 Å². The highest BCUT2D eigenvalue weighted by Gasteiger charge is 2.29. The van der Waals surface area contributed by atoms with Gasteiger partial charge in [0.1, 0.15) is 10.7 Å². The number of benzene rings is 2. The van der Waals surface area contributed by atoms with Crippen LogP contribution in [0.25, 0.3) is 10.6 Å². The topological polar surface area (TPSA) is 71.1 Å². The van der Waals surface area contributed by atoms with Gasteiger partial charge in [-0.15, -0.1) is 11.3 Å². The Morgan fingerprint density at radius 3 is 2.46 bits per heavy atom. The predicted octanol–water partition coefficient (Wildman–Crippen LogP) is 4.74. The SMILES string of the molecule is O=C(NCc1ccc(NC(=O)C2CC2)cc1)c1csc(-c2ccc(Cl)cc2)n1. The molecule has 1 aromatic heterocycles. The Hall–Kier alpha value is -2.70. The number of aromatic nitrogens is 1. The zero-order valence-corrected chi connectivity index (χ0v) is 16.5. The van der Waals surface area contributed by atoms with Crippen LogP contribution < -0.4 is 10.6 Å². The Bertz CT molecular complexity index is 995. The Morgan fingerprint density at radius 2 is 1.79 bits per heavy atom. The number of anilines is 1. The molecule has 0 aliphatic heterocycles. The van der Waals surface area contributed by atoms with Crippen LogP contribution >= 0.6 is 22.9 Å². The average Bonchev–Trinajstić information content (AvgIpc) is 3.45. The highest BCUT2D eigenvalue weighted by atomic mass is 35.5. The van der Waals surface area contributed by atoms with Crippen molar-refractivity contribution in [1.82, 2.24) is 10.3 Å². The van der Waals surface area contributed by atoms with E-state index in [0.717, 1.165) is 34.7 Å². The molecule has 7 heteroatoms. The highest BCUT2D eigenvalue weighted by molar-refractivity contribution is 7.13. The number of nitrogens with zero attached hydrogens (tertiary/aromatic N) is 1. The van der Waals surface area contributed by atoms with Crippen molar-refractivity contribution in [2.45, 2.75) is 19.4 Å². The minimum Gasteiger partial charge on any atom is -0.347 e. The largest absolute Gasteiger partial charge is 0.347 e. The molecule has 0 saturated heterocycles. The van der Waals surface area contributed by atoms with Crippen LogP contribution in [0.1, 0.15) is 28.9 Å². The number of amides is 2. The first-order chi connectivity index (χ1) is 13.6. The molecule has 1 aliphatic carbocycles. The summed E-state index contributed by atoms with van der Waals surface area (Å²) in [7, 11) is 0. The predicted molar refractivity (Wildman–Crippen MR) is 112 cm³/mol. The first-order valence-electron chi connectivity index (χ1n) is 8.98. The third-order valence-corrected chi connectivity index (χ3v) is 5.59. The van der Waals surface area contributed by atoms with Crippen LogP contribution in [0.2, 0.25) is 5.02 Å². The van der Waals surface area contributed by atoms with E-state index in [9.17, 15) is 9.59 Å². The molecule has 142 valence electrons. The molecule has 0 radical (unpaired) electrons. The number of nitrogens with one attached hydrogen (secondary N) is 2. The fourth-order valence-corrected chi connectivity index (χ4v) is 3.60. The van der Waals surface area contributed by atoms with Crippen LogP contribution in [0.4, 0.5) is 5.69 Å². The van der Waals surface area contributed by atoms with E-state index in [0.29, 0.717) is 17.3 Å². The molecule has 2 N–H and O–H groups in total. The van der Waals surface area contributed by atoms with Crippen LogP contribution in [0.3, 0.4) is 0 Å². The summed E-state index contributed by atoms with van der Waals surface area (Å²) in [4.78, 5) is 28.5. The van der Waals surface area contributed by atoms with Gasteiger partial charge in [-0.1, -0.05) is 35.9 Å². The molecule has 0 unspecified atom stereocenters. The minimum atomic E-state index is -0.220. The standard InChI is InChI=1S/C21H18ClN3O2S/c22-16-7-5-15(6-8-16)21-25-18(12-28-21)20(27)23-11-13-1-9-17(10-2-13)24-19(26)14-3-4-14/h1-2,5-10,12,14H,3-4,11H2,(H,23,27)(H,24,26). The van der Waals surface area contributed by atoms with Crippen molar-refractivity contribution in [3.05, 3.63) is 70.2 Å². The molecular weight excluding hydrogens is 394 g/mol. The summed E-state index contributed by atoms with van der Waals surface area (Å²) < 4.78 is 0. The zero-order valence-electron chi connectivity index (χ0n) is 14.9. The molecule has 4 rings (SSSR count). The Morgan fingerprint density at radius 1 is 1.07 bits per heavy atom. The molecule has 2 aromatic carbocycles. The molecule has 3 aromatic rings. The third kappa shape index (κ3) is 4.58. The third-order valence-electron chi connectivity index (χ3n) is 4.45. The Labute approximate surface area is 171 Å². The lowest BCUT2D eigenvalue weighted by molar-refractivity contribution is -0.117. The first-order valence-corrected chi connectivity index (χ1v) is 10.2. The molecule has 28 heavy (non-hydrogen) atoms. The van der Waals surface area contributed by atoms with Crippen molar-refractivity contribution in [3.63, 3.8) is 0 Å². The number of carbonyl (C=O) groups excluding carboxylic acids is 2. The maximum Gasteiger partial charge on any atom is 0.271 e. The molecule has 1 fully saturated rings. The smallest absolute Gasteiger partial charge is 0.271 e. The minimum absolute atomic E-state index is 0.0843. The summed E-state index contributed by atoms with van der Waals surface area (Å²) in [5, 5.41) is 8.96. The Balaban J connectivity index is 1.32. The van der Waals surface area contributed by atoms with Gasteiger partial charge in [0.05, 0.1) is 0 Å². The fraction of sp³-hybridized carbons (Fsp3) is 0.190. The summed E-state index contributed by atoms with van der Waals surface area (Å²) in [6.07, 6.45) is 1.96. The van der Waals surface area contributed by atoms with Crippen LogP contribution in [-0.2, 0) is 11.3 Å². The molecule has 0 bridgehead atoms. The van der Waals surface area contributed by atoms with Crippen molar-refractivity contribution < 1.29 is 9.59 Å². The van der Waals surface area contributed by atoms with E-state index in [4.69, 9.17) is 11.6 Å². The molecule has 1 heterocycles. The van der Waals surface area contributed by atoms with Crippen molar-refractivity contribution in [3.8, 4) is 10.6 Å². The van der Waals surface area contributed by atoms with Crippen molar-refractivity contribution >= 4 is 40.4 Å². The van der Waals surface area contributed by atoms with E-state index in [1.807, 2.05) is 36.4 Å². The first kappa shape index (κ1) is 18.7. The van der Waals surface area contributed by atoms with Gasteiger partial charge in [-0.3, -0.25) is 9.59 Å². The average molecular weight is 412 g/mol. The van der Waals surface area contributed by atoms with Gasteiger partial charge in [0.25, 0.3) is 5.91 Å². The van der Waals surface area contributed by atoms with E-state index in [1.54, 1.807) is 17.5 Å². The van der Waals surface area contributed by atoms with Gasteiger partial charge in [-0.25, -0.2) is 4.98 Å². The summed E-state index contributed by atoms with van der Waals surface area (Å²) in [6, 6.07) is 14.8. The molecule has 0 spiro atoms. The number of rotatable bonds is 6. The molecule has 0 atom stereocenters. The normalized spacial score (nSPS) is 13.2. The van der Waals surface area contributed by atoms with E-state index in [-0.39, 0.29) is 17.7 Å².